The summed E-state index contributed by atoms with van der Waals surface area (Å²) in [6.07, 6.45) is 1.09. The summed E-state index contributed by atoms with van der Waals surface area (Å²) in [5, 5.41) is 11.2. The van der Waals surface area contributed by atoms with Crippen LogP contribution in [0.3, 0.4) is 0 Å². The Hall–Kier alpha value is -1.30. The Labute approximate surface area is 94.6 Å². The van der Waals surface area contributed by atoms with E-state index in [-0.39, 0.29) is 18.7 Å². The molecule has 0 aromatic carbocycles. The second kappa shape index (κ2) is 5.69. The summed E-state index contributed by atoms with van der Waals surface area (Å²) in [5.41, 5.74) is 0. The number of amides is 2. The first-order valence-electron chi connectivity index (χ1n) is 5.33. The number of carbonyl (C=O) groups excluding carboxylic acids is 1. The molecule has 0 aromatic rings. The van der Waals surface area contributed by atoms with Crippen molar-refractivity contribution in [2.75, 3.05) is 26.7 Å². The molecule has 2 atom stereocenters. The molecular weight excluding hydrogens is 212 g/mol. The zero-order chi connectivity index (χ0) is 12.1. The summed E-state index contributed by atoms with van der Waals surface area (Å²) in [5.74, 6) is -0.697. The fourth-order valence-corrected chi connectivity index (χ4v) is 1.67. The van der Waals surface area contributed by atoms with Gasteiger partial charge >= 0.3 is 12.0 Å². The van der Waals surface area contributed by atoms with Crippen molar-refractivity contribution >= 4 is 12.0 Å². The van der Waals surface area contributed by atoms with Crippen LogP contribution in [0.4, 0.5) is 4.79 Å². The van der Waals surface area contributed by atoms with Gasteiger partial charge in [-0.15, -0.1) is 0 Å². The van der Waals surface area contributed by atoms with Crippen LogP contribution in [-0.4, -0.2) is 54.9 Å². The monoisotopic (exact) mass is 230 g/mol. The molecule has 1 heterocycles. The molecule has 6 heteroatoms. The van der Waals surface area contributed by atoms with Gasteiger partial charge in [-0.1, -0.05) is 0 Å². The minimum Gasteiger partial charge on any atom is -0.480 e. The summed E-state index contributed by atoms with van der Waals surface area (Å²) in [7, 11) is 1.46. The van der Waals surface area contributed by atoms with Crippen LogP contribution in [0.15, 0.2) is 0 Å². The summed E-state index contributed by atoms with van der Waals surface area (Å²) in [4.78, 5) is 23.0. The maximum absolute atomic E-state index is 11.5. The number of hydrogen-bond acceptors (Lipinski definition) is 3. The third kappa shape index (κ3) is 3.69. The number of carboxylic acid groups (broad SMARTS) is 1. The van der Waals surface area contributed by atoms with Crippen LogP contribution < -0.4 is 5.32 Å². The molecule has 1 saturated heterocycles. The van der Waals surface area contributed by atoms with Crippen molar-refractivity contribution < 1.29 is 19.4 Å². The van der Waals surface area contributed by atoms with Crippen LogP contribution >= 0.6 is 0 Å². The van der Waals surface area contributed by atoms with Crippen molar-refractivity contribution in [1.29, 1.82) is 0 Å². The van der Waals surface area contributed by atoms with E-state index in [2.05, 4.69) is 5.32 Å². The van der Waals surface area contributed by atoms with Gasteiger partial charge in [0.05, 0.1) is 6.10 Å². The number of nitrogens with zero attached hydrogens (tertiary/aromatic N) is 1. The third-order valence-corrected chi connectivity index (χ3v) is 2.77. The molecule has 2 unspecified atom stereocenters. The lowest BCUT2D eigenvalue weighted by Crippen LogP contribution is -2.42. The van der Waals surface area contributed by atoms with Crippen LogP contribution in [-0.2, 0) is 9.53 Å². The first-order valence-corrected chi connectivity index (χ1v) is 5.33. The lowest BCUT2D eigenvalue weighted by Gasteiger charge is -2.19. The number of likely N-dealkylation sites (N-methyl/N-ethyl adjacent to an activating group) is 1. The van der Waals surface area contributed by atoms with Gasteiger partial charge in [-0.05, 0) is 13.3 Å². The van der Waals surface area contributed by atoms with Crippen LogP contribution in [0.1, 0.15) is 13.3 Å². The smallest absolute Gasteiger partial charge is 0.323 e. The molecule has 6 nitrogen and oxygen atoms in total. The standard InChI is InChI=1S/C10H18N2O4/c1-7-8(3-4-16-7)5-11-10(15)12(2)6-9(13)14/h7-8H,3-6H2,1-2H3,(H,11,15)(H,13,14). The Kier molecular flexibility index (Phi) is 4.54. The normalized spacial score (nSPS) is 24.1. The number of urea groups is 1. The first kappa shape index (κ1) is 12.8. The van der Waals surface area contributed by atoms with Gasteiger partial charge in [0.15, 0.2) is 0 Å². The van der Waals surface area contributed by atoms with Gasteiger partial charge < -0.3 is 20.1 Å². The lowest BCUT2D eigenvalue weighted by atomic mass is 10.0. The molecule has 1 fully saturated rings. The molecule has 1 aliphatic heterocycles. The van der Waals surface area contributed by atoms with Gasteiger partial charge in [0.2, 0.25) is 0 Å². The molecule has 2 N–H and O–H groups in total. The molecule has 0 bridgehead atoms. The van der Waals surface area contributed by atoms with E-state index < -0.39 is 5.97 Å². The number of ether oxygens (including phenoxy) is 1. The Morgan fingerprint density at radius 1 is 1.56 bits per heavy atom. The fraction of sp³-hybridized carbons (Fsp3) is 0.800. The average molecular weight is 230 g/mol. The minimum atomic E-state index is -1.02. The van der Waals surface area contributed by atoms with E-state index in [4.69, 9.17) is 9.84 Å². The maximum Gasteiger partial charge on any atom is 0.323 e. The van der Waals surface area contributed by atoms with Gasteiger partial charge in [-0.3, -0.25) is 4.79 Å². The highest BCUT2D eigenvalue weighted by Gasteiger charge is 2.24. The lowest BCUT2D eigenvalue weighted by molar-refractivity contribution is -0.137. The zero-order valence-electron chi connectivity index (χ0n) is 9.60. The number of hydrogen-bond donors (Lipinski definition) is 2. The van der Waals surface area contributed by atoms with Crippen LogP contribution in [0.5, 0.6) is 0 Å². The van der Waals surface area contributed by atoms with Crippen molar-refractivity contribution in [2.45, 2.75) is 19.4 Å². The van der Waals surface area contributed by atoms with Crippen LogP contribution in [0.25, 0.3) is 0 Å². The topological polar surface area (TPSA) is 78.9 Å². The van der Waals surface area contributed by atoms with E-state index in [0.29, 0.717) is 12.5 Å². The van der Waals surface area contributed by atoms with Gasteiger partial charge in [0.25, 0.3) is 0 Å². The zero-order valence-corrected chi connectivity index (χ0v) is 9.60. The molecule has 92 valence electrons. The molecule has 0 aliphatic carbocycles. The van der Waals surface area contributed by atoms with Crippen LogP contribution in [0, 0.1) is 5.92 Å². The summed E-state index contributed by atoms with van der Waals surface area (Å²) in [6, 6.07) is -0.360. The van der Waals surface area contributed by atoms with E-state index in [9.17, 15) is 9.59 Å². The van der Waals surface area contributed by atoms with E-state index in [1.807, 2.05) is 6.92 Å². The van der Waals surface area contributed by atoms with E-state index in [1.165, 1.54) is 7.05 Å². The maximum atomic E-state index is 11.5. The SMILES string of the molecule is CC1OCCC1CNC(=O)N(C)CC(=O)O. The molecule has 1 aliphatic rings. The molecule has 0 spiro atoms. The summed E-state index contributed by atoms with van der Waals surface area (Å²) >= 11 is 0. The minimum absolute atomic E-state index is 0.157. The number of carbonyl (C=O) groups is 2. The highest BCUT2D eigenvalue weighted by molar-refractivity contribution is 5.79. The second-order valence-electron chi connectivity index (χ2n) is 4.06. The molecule has 0 radical (unpaired) electrons. The predicted molar refractivity (Wildman–Crippen MR) is 57.2 cm³/mol. The second-order valence-corrected chi connectivity index (χ2v) is 4.06. The largest absolute Gasteiger partial charge is 0.480 e. The highest BCUT2D eigenvalue weighted by atomic mass is 16.5. The predicted octanol–water partition coefficient (Wildman–Crippen LogP) is 0.137. The van der Waals surface area contributed by atoms with Crippen LogP contribution in [0.2, 0.25) is 0 Å². The number of carboxylic acids is 1. The Balaban J connectivity index is 2.26. The first-order chi connectivity index (χ1) is 7.50. The molecule has 2 amide bonds. The van der Waals surface area contributed by atoms with Crippen molar-refractivity contribution in [3.05, 3.63) is 0 Å². The van der Waals surface area contributed by atoms with E-state index in [1.54, 1.807) is 0 Å². The van der Waals surface area contributed by atoms with Gasteiger partial charge in [0.1, 0.15) is 6.54 Å². The molecule has 16 heavy (non-hydrogen) atoms. The van der Waals surface area contributed by atoms with E-state index >= 15 is 0 Å². The van der Waals surface area contributed by atoms with Crippen molar-refractivity contribution in [1.82, 2.24) is 10.2 Å². The van der Waals surface area contributed by atoms with Crippen molar-refractivity contribution in [3.63, 3.8) is 0 Å². The number of aliphatic carboxylic acids is 1. The third-order valence-electron chi connectivity index (χ3n) is 2.77. The Morgan fingerprint density at radius 3 is 2.75 bits per heavy atom. The Morgan fingerprint density at radius 2 is 2.25 bits per heavy atom. The quantitative estimate of drug-likeness (QED) is 0.720. The molecule has 1 rings (SSSR count). The van der Waals surface area contributed by atoms with Crippen molar-refractivity contribution in [2.24, 2.45) is 5.92 Å². The molecular formula is C10H18N2O4. The summed E-state index contributed by atoms with van der Waals surface area (Å²) < 4.78 is 5.36. The fourth-order valence-electron chi connectivity index (χ4n) is 1.67. The Bertz CT molecular complexity index is 270. The van der Waals surface area contributed by atoms with Crippen molar-refractivity contribution in [3.8, 4) is 0 Å². The summed E-state index contributed by atoms with van der Waals surface area (Å²) in [6.45, 7) is 2.95. The number of rotatable bonds is 4. The highest BCUT2D eigenvalue weighted by Crippen LogP contribution is 2.19. The van der Waals surface area contributed by atoms with Gasteiger partial charge in [-0.25, -0.2) is 4.79 Å². The van der Waals surface area contributed by atoms with Gasteiger partial charge in [0, 0.05) is 26.1 Å². The number of nitrogens with one attached hydrogen (secondary N) is 1. The molecule has 0 saturated carbocycles. The molecule has 0 aromatic heterocycles. The van der Waals surface area contributed by atoms with E-state index in [0.717, 1.165) is 17.9 Å². The average Bonchev–Trinajstić information content (AvgIpc) is 2.59. The van der Waals surface area contributed by atoms with Gasteiger partial charge in [-0.2, -0.15) is 0 Å².